The number of Topliss-reactive ketones (excluding diaryl/α,β-unsaturated/α-hetero) is 1. The highest BCUT2D eigenvalue weighted by atomic mass is 16.3. The molecule has 1 aliphatic rings. The summed E-state index contributed by atoms with van der Waals surface area (Å²) in [5.41, 5.74) is 1.06. The maximum absolute atomic E-state index is 12.2. The third-order valence-corrected chi connectivity index (χ3v) is 3.71. The number of β-amino-alcohol motifs (C(OH)–C–C–N with tert-alkyl or cyclic N) is 1. The van der Waals surface area contributed by atoms with Gasteiger partial charge in [0.25, 0.3) is 0 Å². The molecule has 20 heavy (non-hydrogen) atoms. The van der Waals surface area contributed by atoms with Gasteiger partial charge < -0.3 is 10.0 Å². The number of carbonyl (C=O) groups excluding carboxylic acids is 1. The number of rotatable bonds is 6. The standard InChI is InChI=1S/C16H24N2O2/c1-17(2)10-14-9-16(20)12-18(14)11-15(19)8-13-6-4-3-5-7-13/h3-7,14,16,20H,8-12H2,1-2H3. The Hall–Kier alpha value is -1.23. The molecule has 0 aromatic heterocycles. The summed E-state index contributed by atoms with van der Waals surface area (Å²) >= 11 is 0. The van der Waals surface area contributed by atoms with E-state index in [1.807, 2.05) is 44.4 Å². The van der Waals surface area contributed by atoms with Crippen molar-refractivity contribution < 1.29 is 9.90 Å². The largest absolute Gasteiger partial charge is 0.392 e. The van der Waals surface area contributed by atoms with Gasteiger partial charge in [-0.3, -0.25) is 9.69 Å². The molecule has 2 atom stereocenters. The van der Waals surface area contributed by atoms with Gasteiger partial charge >= 0.3 is 0 Å². The summed E-state index contributed by atoms with van der Waals surface area (Å²) in [6.45, 7) is 1.93. The SMILES string of the molecule is CN(C)CC1CC(O)CN1CC(=O)Cc1ccccc1. The average molecular weight is 276 g/mol. The number of aliphatic hydroxyl groups is 1. The summed E-state index contributed by atoms with van der Waals surface area (Å²) in [6.07, 6.45) is 0.934. The fourth-order valence-corrected chi connectivity index (χ4v) is 2.87. The van der Waals surface area contributed by atoms with E-state index in [0.717, 1.165) is 18.5 Å². The molecule has 0 saturated carbocycles. The van der Waals surface area contributed by atoms with E-state index in [0.29, 0.717) is 19.5 Å². The lowest BCUT2D eigenvalue weighted by Crippen LogP contribution is -2.40. The molecule has 110 valence electrons. The van der Waals surface area contributed by atoms with Gasteiger partial charge in [-0.2, -0.15) is 0 Å². The van der Waals surface area contributed by atoms with Crippen molar-refractivity contribution >= 4 is 5.78 Å². The second-order valence-electron chi connectivity index (χ2n) is 5.94. The zero-order valence-electron chi connectivity index (χ0n) is 12.3. The molecule has 1 fully saturated rings. The molecule has 0 aliphatic carbocycles. The predicted molar refractivity (Wildman–Crippen MR) is 79.7 cm³/mol. The Morgan fingerprint density at radius 3 is 2.70 bits per heavy atom. The Morgan fingerprint density at radius 2 is 2.05 bits per heavy atom. The third kappa shape index (κ3) is 4.40. The van der Waals surface area contributed by atoms with E-state index in [-0.39, 0.29) is 17.9 Å². The zero-order valence-corrected chi connectivity index (χ0v) is 12.3. The number of nitrogens with zero attached hydrogens (tertiary/aromatic N) is 2. The second kappa shape index (κ2) is 6.97. The molecule has 1 aromatic rings. The first kappa shape index (κ1) is 15.2. The minimum absolute atomic E-state index is 0.217. The van der Waals surface area contributed by atoms with E-state index < -0.39 is 0 Å². The normalized spacial score (nSPS) is 23.4. The number of hydrogen-bond acceptors (Lipinski definition) is 4. The summed E-state index contributed by atoms with van der Waals surface area (Å²) in [7, 11) is 4.04. The van der Waals surface area contributed by atoms with Gasteiger partial charge in [-0.1, -0.05) is 30.3 Å². The number of likely N-dealkylation sites (N-methyl/N-ethyl adjacent to an activating group) is 1. The molecule has 4 nitrogen and oxygen atoms in total. The third-order valence-electron chi connectivity index (χ3n) is 3.71. The van der Waals surface area contributed by atoms with Crippen LogP contribution in [0.1, 0.15) is 12.0 Å². The first-order valence-corrected chi connectivity index (χ1v) is 7.17. The second-order valence-corrected chi connectivity index (χ2v) is 5.94. The highest BCUT2D eigenvalue weighted by molar-refractivity contribution is 5.82. The van der Waals surface area contributed by atoms with Crippen molar-refractivity contribution in [3.63, 3.8) is 0 Å². The Labute approximate surface area is 121 Å². The summed E-state index contributed by atoms with van der Waals surface area (Å²) in [5.74, 6) is 0.217. The van der Waals surface area contributed by atoms with E-state index in [2.05, 4.69) is 9.80 Å². The molecule has 2 unspecified atom stereocenters. The minimum atomic E-state index is -0.301. The summed E-state index contributed by atoms with van der Waals surface area (Å²) in [6, 6.07) is 10.1. The van der Waals surface area contributed by atoms with E-state index in [4.69, 9.17) is 0 Å². The Bertz CT molecular complexity index is 433. The van der Waals surface area contributed by atoms with Gasteiger partial charge in [0, 0.05) is 25.6 Å². The summed E-state index contributed by atoms with van der Waals surface area (Å²) < 4.78 is 0. The number of carbonyl (C=O) groups is 1. The molecule has 1 saturated heterocycles. The fraction of sp³-hybridized carbons (Fsp3) is 0.562. The van der Waals surface area contributed by atoms with Crippen molar-refractivity contribution in [3.05, 3.63) is 35.9 Å². The van der Waals surface area contributed by atoms with Crippen LogP contribution in [0.2, 0.25) is 0 Å². The van der Waals surface area contributed by atoms with Gasteiger partial charge in [-0.15, -0.1) is 0 Å². The topological polar surface area (TPSA) is 43.8 Å². The van der Waals surface area contributed by atoms with Crippen LogP contribution in [-0.4, -0.2) is 66.6 Å². The van der Waals surface area contributed by atoms with Crippen LogP contribution in [0.4, 0.5) is 0 Å². The lowest BCUT2D eigenvalue weighted by Gasteiger charge is -2.26. The van der Waals surface area contributed by atoms with Crippen LogP contribution in [0.25, 0.3) is 0 Å². The van der Waals surface area contributed by atoms with Gasteiger partial charge in [0.15, 0.2) is 5.78 Å². The monoisotopic (exact) mass is 276 g/mol. The molecule has 1 N–H and O–H groups in total. The quantitative estimate of drug-likeness (QED) is 0.834. The van der Waals surface area contributed by atoms with Crippen molar-refractivity contribution in [2.75, 3.05) is 33.7 Å². The van der Waals surface area contributed by atoms with Gasteiger partial charge in [0.1, 0.15) is 0 Å². The first-order valence-electron chi connectivity index (χ1n) is 7.17. The maximum atomic E-state index is 12.2. The van der Waals surface area contributed by atoms with Crippen molar-refractivity contribution in [1.29, 1.82) is 0 Å². The molecule has 1 aromatic carbocycles. The van der Waals surface area contributed by atoms with Crippen LogP contribution in [0.15, 0.2) is 30.3 Å². The van der Waals surface area contributed by atoms with Crippen LogP contribution < -0.4 is 0 Å². The van der Waals surface area contributed by atoms with E-state index >= 15 is 0 Å². The zero-order chi connectivity index (χ0) is 14.5. The first-order chi connectivity index (χ1) is 9.54. The average Bonchev–Trinajstić information content (AvgIpc) is 2.69. The Balaban J connectivity index is 1.89. The molecular weight excluding hydrogens is 252 g/mol. The lowest BCUT2D eigenvalue weighted by atomic mass is 10.1. The van der Waals surface area contributed by atoms with E-state index in [1.165, 1.54) is 0 Å². The number of hydrogen-bond donors (Lipinski definition) is 1. The number of likely N-dealkylation sites (tertiary alicyclic amines) is 1. The molecule has 2 rings (SSSR count). The molecule has 1 aliphatic heterocycles. The van der Waals surface area contributed by atoms with E-state index in [9.17, 15) is 9.90 Å². The minimum Gasteiger partial charge on any atom is -0.392 e. The van der Waals surface area contributed by atoms with Gasteiger partial charge in [0.05, 0.1) is 12.6 Å². The smallest absolute Gasteiger partial charge is 0.151 e. The highest BCUT2D eigenvalue weighted by Crippen LogP contribution is 2.18. The van der Waals surface area contributed by atoms with Crippen LogP contribution >= 0.6 is 0 Å². The van der Waals surface area contributed by atoms with Crippen molar-refractivity contribution in [1.82, 2.24) is 9.80 Å². The van der Waals surface area contributed by atoms with Crippen molar-refractivity contribution in [2.45, 2.75) is 25.0 Å². The maximum Gasteiger partial charge on any atom is 0.151 e. The predicted octanol–water partition coefficient (Wildman–Crippen LogP) is 0.795. The van der Waals surface area contributed by atoms with Gasteiger partial charge in [-0.05, 0) is 26.1 Å². The highest BCUT2D eigenvalue weighted by Gasteiger charge is 2.32. The Kier molecular flexibility index (Phi) is 5.29. The molecular formula is C16H24N2O2. The van der Waals surface area contributed by atoms with Crippen LogP contribution in [0, 0.1) is 0 Å². The number of benzene rings is 1. The van der Waals surface area contributed by atoms with Gasteiger partial charge in [0.2, 0.25) is 0 Å². The lowest BCUT2D eigenvalue weighted by molar-refractivity contribution is -0.119. The van der Waals surface area contributed by atoms with Crippen LogP contribution in [0.5, 0.6) is 0 Å². The molecule has 0 spiro atoms. The van der Waals surface area contributed by atoms with Crippen molar-refractivity contribution in [2.24, 2.45) is 0 Å². The molecule has 0 amide bonds. The molecule has 0 bridgehead atoms. The van der Waals surface area contributed by atoms with Crippen molar-refractivity contribution in [3.8, 4) is 0 Å². The van der Waals surface area contributed by atoms with Crippen LogP contribution in [0.3, 0.4) is 0 Å². The Morgan fingerprint density at radius 1 is 1.35 bits per heavy atom. The number of aliphatic hydroxyl groups excluding tert-OH is 1. The number of ketones is 1. The fourth-order valence-electron chi connectivity index (χ4n) is 2.87. The molecule has 1 heterocycles. The van der Waals surface area contributed by atoms with Crippen LogP contribution in [-0.2, 0) is 11.2 Å². The summed E-state index contributed by atoms with van der Waals surface area (Å²) in [5, 5.41) is 9.81. The van der Waals surface area contributed by atoms with Gasteiger partial charge in [-0.25, -0.2) is 0 Å². The summed E-state index contributed by atoms with van der Waals surface area (Å²) in [4.78, 5) is 16.4. The molecule has 0 radical (unpaired) electrons. The van der Waals surface area contributed by atoms with E-state index in [1.54, 1.807) is 0 Å². The molecule has 4 heteroatoms.